The molecule has 0 atom stereocenters. The van der Waals surface area contributed by atoms with Gasteiger partial charge in [0.15, 0.2) is 0 Å². The second-order valence-electron chi connectivity index (χ2n) is 3.73. The molecule has 0 heterocycles. The van der Waals surface area contributed by atoms with Crippen LogP contribution >= 0.6 is 0 Å². The number of carboxylic acid groups (broad SMARTS) is 2. The minimum absolute atomic E-state index is 1.02. The summed E-state index contributed by atoms with van der Waals surface area (Å²) in [6, 6.07) is 0. The average molecular weight is 222 g/mol. The smallest absolute Gasteiger partial charge is 0.302 e. The fourth-order valence-electron chi connectivity index (χ4n) is 0.725. The highest BCUT2D eigenvalue weighted by molar-refractivity contribution is 7.09. The van der Waals surface area contributed by atoms with E-state index in [-0.39, 0.29) is 0 Å². The summed E-state index contributed by atoms with van der Waals surface area (Å²) in [6.45, 7) is 5.92. The van der Waals surface area contributed by atoms with Gasteiger partial charge in [0.1, 0.15) is 0 Å². The summed E-state index contributed by atoms with van der Waals surface area (Å²) in [5.74, 6) is 0. The minimum Gasteiger partial charge on any atom is -0.484 e. The fourth-order valence-corrected chi connectivity index (χ4v) is 6.53. The van der Waals surface area contributed by atoms with Gasteiger partial charge in [-0.15, -0.1) is 0 Å². The SMILES string of the molecule is C[Si](C)(O[Si](C)(C)C(=O)O)C(=O)O. The molecule has 0 aromatic rings. The van der Waals surface area contributed by atoms with E-state index in [4.69, 9.17) is 14.3 Å². The van der Waals surface area contributed by atoms with Crippen molar-refractivity contribution < 1.29 is 23.9 Å². The van der Waals surface area contributed by atoms with E-state index in [1.54, 1.807) is 0 Å². The topological polar surface area (TPSA) is 83.8 Å². The summed E-state index contributed by atoms with van der Waals surface area (Å²) in [6.07, 6.45) is 0. The quantitative estimate of drug-likeness (QED) is 0.710. The Morgan fingerprint density at radius 2 is 1.15 bits per heavy atom. The van der Waals surface area contributed by atoms with Gasteiger partial charge < -0.3 is 14.3 Å². The van der Waals surface area contributed by atoms with Crippen molar-refractivity contribution in [1.29, 1.82) is 0 Å². The lowest BCUT2D eigenvalue weighted by Crippen LogP contribution is -2.53. The molecule has 5 nitrogen and oxygen atoms in total. The molecule has 7 heteroatoms. The van der Waals surface area contributed by atoms with Crippen LogP contribution in [0.25, 0.3) is 0 Å². The maximum Gasteiger partial charge on any atom is 0.302 e. The Labute approximate surface area is 78.6 Å². The van der Waals surface area contributed by atoms with E-state index < -0.39 is 27.8 Å². The Morgan fingerprint density at radius 1 is 0.923 bits per heavy atom. The standard InChI is InChI=1S/C6H14O5Si2/c1-12(2,5(7)8)11-13(3,4)6(9)10/h1-4H3,(H,7,8)(H,9,10). The molecule has 0 fully saturated rings. The Hall–Kier alpha value is -0.666. The van der Waals surface area contributed by atoms with Gasteiger partial charge in [-0.2, -0.15) is 0 Å². The van der Waals surface area contributed by atoms with Gasteiger partial charge in [-0.25, -0.2) is 0 Å². The molecular weight excluding hydrogens is 208 g/mol. The summed E-state index contributed by atoms with van der Waals surface area (Å²) >= 11 is 0. The second-order valence-corrected chi connectivity index (χ2v) is 11.4. The van der Waals surface area contributed by atoms with Crippen molar-refractivity contribution in [2.45, 2.75) is 26.2 Å². The first kappa shape index (κ1) is 12.3. The second kappa shape index (κ2) is 3.60. The Bertz CT molecular complexity index is 211. The van der Waals surface area contributed by atoms with Gasteiger partial charge >= 0.3 is 16.6 Å². The Morgan fingerprint density at radius 3 is 1.31 bits per heavy atom. The van der Waals surface area contributed by atoms with Crippen LogP contribution in [0.2, 0.25) is 26.2 Å². The molecule has 13 heavy (non-hydrogen) atoms. The molecule has 2 N–H and O–H groups in total. The van der Waals surface area contributed by atoms with Crippen molar-refractivity contribution in [2.75, 3.05) is 0 Å². The van der Waals surface area contributed by atoms with Crippen LogP contribution in [0, 0.1) is 0 Å². The van der Waals surface area contributed by atoms with E-state index >= 15 is 0 Å². The molecule has 0 aliphatic heterocycles. The minimum atomic E-state index is -2.88. The predicted octanol–water partition coefficient (Wildman–Crippen LogP) is 1.93. The maximum absolute atomic E-state index is 10.7. The van der Waals surface area contributed by atoms with E-state index in [0.717, 1.165) is 0 Å². The van der Waals surface area contributed by atoms with Crippen LogP contribution in [0.5, 0.6) is 0 Å². The molecule has 0 rings (SSSR count). The van der Waals surface area contributed by atoms with Gasteiger partial charge in [0.05, 0.1) is 0 Å². The van der Waals surface area contributed by atoms with Crippen molar-refractivity contribution in [3.63, 3.8) is 0 Å². The normalized spacial score (nSPS) is 12.6. The van der Waals surface area contributed by atoms with Crippen LogP contribution in [-0.2, 0) is 4.12 Å². The molecule has 0 aliphatic carbocycles. The molecule has 0 saturated heterocycles. The van der Waals surface area contributed by atoms with Crippen LogP contribution in [-0.4, -0.2) is 38.0 Å². The van der Waals surface area contributed by atoms with Crippen molar-refractivity contribution in [3.05, 3.63) is 0 Å². The van der Waals surface area contributed by atoms with Crippen LogP contribution in [0.1, 0.15) is 0 Å². The van der Waals surface area contributed by atoms with Crippen LogP contribution in [0.3, 0.4) is 0 Å². The molecule has 0 radical (unpaired) electrons. The first-order chi connectivity index (χ1) is 5.59. The van der Waals surface area contributed by atoms with E-state index in [0.29, 0.717) is 0 Å². The molecule has 0 unspecified atom stereocenters. The van der Waals surface area contributed by atoms with Crippen LogP contribution in [0.15, 0.2) is 0 Å². The Balaban J connectivity index is 4.61. The summed E-state index contributed by atoms with van der Waals surface area (Å²) < 4.78 is 5.23. The van der Waals surface area contributed by atoms with E-state index in [2.05, 4.69) is 0 Å². The van der Waals surface area contributed by atoms with Crippen molar-refractivity contribution in [3.8, 4) is 0 Å². The zero-order chi connectivity index (χ0) is 10.9. The Kier molecular flexibility index (Phi) is 3.42. The molecule has 0 aromatic heterocycles. The molecule has 0 aromatic carbocycles. The highest BCUT2D eigenvalue weighted by Crippen LogP contribution is 2.15. The highest BCUT2D eigenvalue weighted by Gasteiger charge is 2.44. The first-order valence-electron chi connectivity index (χ1n) is 3.76. The zero-order valence-corrected chi connectivity index (χ0v) is 10.1. The monoisotopic (exact) mass is 222 g/mol. The summed E-state index contributed by atoms with van der Waals surface area (Å²) in [4.78, 5) is 21.4. The summed E-state index contributed by atoms with van der Waals surface area (Å²) in [7, 11) is -5.76. The number of hydrogen-bond donors (Lipinski definition) is 2. The van der Waals surface area contributed by atoms with Gasteiger partial charge in [-0.1, -0.05) is 0 Å². The maximum atomic E-state index is 10.7. The van der Waals surface area contributed by atoms with E-state index in [9.17, 15) is 9.59 Å². The van der Waals surface area contributed by atoms with Crippen molar-refractivity contribution in [1.82, 2.24) is 0 Å². The predicted molar refractivity (Wildman–Crippen MR) is 52.1 cm³/mol. The first-order valence-corrected chi connectivity index (χ1v) is 9.58. The number of hydrogen-bond acceptors (Lipinski definition) is 3. The van der Waals surface area contributed by atoms with Gasteiger partial charge in [-0.3, -0.25) is 9.59 Å². The zero-order valence-electron chi connectivity index (χ0n) is 8.12. The van der Waals surface area contributed by atoms with Gasteiger partial charge in [0, 0.05) is 0 Å². The molecule has 0 amide bonds. The lowest BCUT2D eigenvalue weighted by Gasteiger charge is -2.26. The lowest BCUT2D eigenvalue weighted by molar-refractivity contribution is 0.210. The van der Waals surface area contributed by atoms with Crippen molar-refractivity contribution in [2.24, 2.45) is 0 Å². The molecule has 0 saturated carbocycles. The number of carbonyl (C=O) groups is 2. The van der Waals surface area contributed by atoms with Crippen molar-refractivity contribution >= 4 is 27.8 Å². The van der Waals surface area contributed by atoms with Gasteiger partial charge in [0.2, 0.25) is 0 Å². The largest absolute Gasteiger partial charge is 0.484 e. The third-order valence-corrected chi connectivity index (χ3v) is 7.68. The van der Waals surface area contributed by atoms with Gasteiger partial charge in [-0.05, 0) is 26.2 Å². The highest BCUT2D eigenvalue weighted by atomic mass is 28.4. The molecule has 76 valence electrons. The summed E-state index contributed by atoms with van der Waals surface area (Å²) in [5, 5.41) is 17.5. The lowest BCUT2D eigenvalue weighted by atomic mass is 11.6. The molecule has 0 spiro atoms. The van der Waals surface area contributed by atoms with Crippen LogP contribution in [0.4, 0.5) is 9.59 Å². The van der Waals surface area contributed by atoms with Crippen LogP contribution < -0.4 is 0 Å². The molecular formula is C6H14O5Si2. The fraction of sp³-hybridized carbons (Fsp3) is 0.667. The average Bonchev–Trinajstić information content (AvgIpc) is 1.83. The number of rotatable bonds is 4. The molecule has 0 aliphatic rings. The summed E-state index contributed by atoms with van der Waals surface area (Å²) in [5.41, 5.74) is -2.04. The third kappa shape index (κ3) is 3.29. The third-order valence-electron chi connectivity index (χ3n) is 1.54. The van der Waals surface area contributed by atoms with Gasteiger partial charge in [0.25, 0.3) is 11.2 Å². The van der Waals surface area contributed by atoms with E-state index in [1.807, 2.05) is 0 Å². The van der Waals surface area contributed by atoms with E-state index in [1.165, 1.54) is 26.2 Å². The molecule has 0 bridgehead atoms.